The molecule has 0 spiro atoms. The van der Waals surface area contributed by atoms with E-state index in [-0.39, 0.29) is 0 Å². The van der Waals surface area contributed by atoms with Crippen molar-refractivity contribution in [3.05, 3.63) is 17.0 Å². The highest BCUT2D eigenvalue weighted by Crippen LogP contribution is 2.12. The minimum absolute atomic E-state index is 0.469. The molecule has 0 aromatic carbocycles. The van der Waals surface area contributed by atoms with E-state index in [0.29, 0.717) is 31.5 Å². The summed E-state index contributed by atoms with van der Waals surface area (Å²) in [4.78, 5) is 8.53. The molecule has 0 unspecified atom stereocenters. The topological polar surface area (TPSA) is 56.3 Å². The monoisotopic (exact) mass is 273 g/mol. The molecule has 0 radical (unpaired) electrons. The summed E-state index contributed by atoms with van der Waals surface area (Å²) in [6, 6.07) is 1.72. The molecule has 0 amide bonds. The van der Waals surface area contributed by atoms with Gasteiger partial charge in [0.15, 0.2) is 0 Å². The maximum Gasteiger partial charge on any atom is 0.134 e. The van der Waals surface area contributed by atoms with E-state index in [4.69, 9.17) is 21.1 Å². The second-order valence-corrected chi connectivity index (χ2v) is 4.16. The van der Waals surface area contributed by atoms with Crippen molar-refractivity contribution in [3.63, 3.8) is 0 Å². The van der Waals surface area contributed by atoms with Crippen molar-refractivity contribution in [1.82, 2.24) is 9.97 Å². The van der Waals surface area contributed by atoms with Crippen molar-refractivity contribution in [1.29, 1.82) is 0 Å². The van der Waals surface area contributed by atoms with Gasteiger partial charge in [-0.25, -0.2) is 9.97 Å². The molecule has 0 atom stereocenters. The Morgan fingerprint density at radius 2 is 2.11 bits per heavy atom. The van der Waals surface area contributed by atoms with Gasteiger partial charge in [-0.3, -0.25) is 0 Å². The Balaban J connectivity index is 2.32. The Morgan fingerprint density at radius 3 is 2.83 bits per heavy atom. The van der Waals surface area contributed by atoms with Crippen LogP contribution in [0.4, 0.5) is 5.82 Å². The van der Waals surface area contributed by atoms with Gasteiger partial charge in [0.05, 0.1) is 19.8 Å². The standard InChI is InChI=1S/C12H20ClN3O2/c1-3-4-11-15-10(13)9-12(16-11)14-5-6-18-8-7-17-2/h9H,3-8H2,1-2H3,(H,14,15,16). The first-order valence-corrected chi connectivity index (χ1v) is 6.48. The zero-order chi connectivity index (χ0) is 13.2. The Morgan fingerprint density at radius 1 is 1.28 bits per heavy atom. The SMILES string of the molecule is CCCc1nc(Cl)cc(NCCOCCOC)n1. The average Bonchev–Trinajstić information content (AvgIpc) is 2.33. The quantitative estimate of drug-likeness (QED) is 0.552. The van der Waals surface area contributed by atoms with Gasteiger partial charge in [0.25, 0.3) is 0 Å². The van der Waals surface area contributed by atoms with Crippen molar-refractivity contribution in [2.45, 2.75) is 19.8 Å². The van der Waals surface area contributed by atoms with E-state index in [1.807, 2.05) is 0 Å². The second kappa shape index (κ2) is 9.08. The number of nitrogens with zero attached hydrogens (tertiary/aromatic N) is 2. The van der Waals surface area contributed by atoms with E-state index < -0.39 is 0 Å². The first kappa shape index (κ1) is 15.1. The Kier molecular flexibility index (Phi) is 7.64. The molecule has 0 aliphatic heterocycles. The van der Waals surface area contributed by atoms with Crippen molar-refractivity contribution >= 4 is 17.4 Å². The third-order valence-corrected chi connectivity index (χ3v) is 2.39. The lowest BCUT2D eigenvalue weighted by Crippen LogP contribution is -2.13. The number of rotatable bonds is 9. The number of hydrogen-bond donors (Lipinski definition) is 1. The predicted molar refractivity (Wildman–Crippen MR) is 72.2 cm³/mol. The van der Waals surface area contributed by atoms with Crippen LogP contribution in [-0.4, -0.2) is 43.4 Å². The number of ether oxygens (including phenoxy) is 2. The molecule has 1 rings (SSSR count). The summed E-state index contributed by atoms with van der Waals surface area (Å²) in [5, 5.41) is 3.63. The van der Waals surface area contributed by atoms with Crippen LogP contribution in [-0.2, 0) is 15.9 Å². The van der Waals surface area contributed by atoms with Crippen molar-refractivity contribution in [2.24, 2.45) is 0 Å². The van der Waals surface area contributed by atoms with Crippen LogP contribution in [0.5, 0.6) is 0 Å². The molecule has 102 valence electrons. The fraction of sp³-hybridized carbons (Fsp3) is 0.667. The average molecular weight is 274 g/mol. The first-order valence-electron chi connectivity index (χ1n) is 6.10. The first-order chi connectivity index (χ1) is 8.76. The summed E-state index contributed by atoms with van der Waals surface area (Å²) in [6.45, 7) is 4.58. The van der Waals surface area contributed by atoms with E-state index in [2.05, 4.69) is 22.2 Å². The number of nitrogens with one attached hydrogen (secondary N) is 1. The molecule has 1 aromatic heterocycles. The van der Waals surface area contributed by atoms with Gasteiger partial charge in [0.2, 0.25) is 0 Å². The summed E-state index contributed by atoms with van der Waals surface area (Å²) in [5.41, 5.74) is 0. The molecule has 1 heterocycles. The molecular weight excluding hydrogens is 254 g/mol. The van der Waals surface area contributed by atoms with Crippen molar-refractivity contribution in [3.8, 4) is 0 Å². The summed E-state index contributed by atoms with van der Waals surface area (Å²) < 4.78 is 10.2. The molecule has 0 aliphatic carbocycles. The highest BCUT2D eigenvalue weighted by molar-refractivity contribution is 6.29. The second-order valence-electron chi connectivity index (χ2n) is 3.77. The van der Waals surface area contributed by atoms with Crippen LogP contribution in [0.3, 0.4) is 0 Å². The summed E-state index contributed by atoms with van der Waals surface area (Å²) in [7, 11) is 1.65. The molecule has 0 fully saturated rings. The van der Waals surface area contributed by atoms with Crippen molar-refractivity contribution < 1.29 is 9.47 Å². The molecule has 0 saturated carbocycles. The molecule has 0 aliphatic rings. The Bertz CT molecular complexity index is 350. The molecule has 1 N–H and O–H groups in total. The maximum atomic E-state index is 5.93. The lowest BCUT2D eigenvalue weighted by molar-refractivity contribution is 0.0759. The van der Waals surface area contributed by atoms with Crippen LogP contribution < -0.4 is 5.32 Å². The summed E-state index contributed by atoms with van der Waals surface area (Å²) >= 11 is 5.93. The number of halogens is 1. The van der Waals surface area contributed by atoms with Gasteiger partial charge in [-0.2, -0.15) is 0 Å². The van der Waals surface area contributed by atoms with Gasteiger partial charge in [-0.05, 0) is 6.42 Å². The number of methoxy groups -OCH3 is 1. The van der Waals surface area contributed by atoms with Gasteiger partial charge in [0, 0.05) is 26.1 Å². The highest BCUT2D eigenvalue weighted by Gasteiger charge is 2.02. The maximum absolute atomic E-state index is 5.93. The van der Waals surface area contributed by atoms with Gasteiger partial charge in [0.1, 0.15) is 16.8 Å². The van der Waals surface area contributed by atoms with Gasteiger partial charge in [-0.1, -0.05) is 18.5 Å². The Hall–Kier alpha value is -0.910. The summed E-state index contributed by atoms with van der Waals surface area (Å²) in [6.07, 6.45) is 1.83. The minimum Gasteiger partial charge on any atom is -0.382 e. The van der Waals surface area contributed by atoms with Crippen LogP contribution in [0.25, 0.3) is 0 Å². The van der Waals surface area contributed by atoms with E-state index >= 15 is 0 Å². The van der Waals surface area contributed by atoms with E-state index in [9.17, 15) is 0 Å². The lowest BCUT2D eigenvalue weighted by Gasteiger charge is -2.08. The largest absolute Gasteiger partial charge is 0.382 e. The third-order valence-electron chi connectivity index (χ3n) is 2.20. The minimum atomic E-state index is 0.469. The van der Waals surface area contributed by atoms with E-state index in [1.54, 1.807) is 13.2 Å². The number of hydrogen-bond acceptors (Lipinski definition) is 5. The van der Waals surface area contributed by atoms with Crippen molar-refractivity contribution in [2.75, 3.05) is 38.8 Å². The summed E-state index contributed by atoms with van der Waals surface area (Å²) in [5.74, 6) is 1.52. The van der Waals surface area contributed by atoms with Gasteiger partial charge in [-0.15, -0.1) is 0 Å². The van der Waals surface area contributed by atoms with Crippen LogP contribution in [0.15, 0.2) is 6.07 Å². The van der Waals surface area contributed by atoms with Gasteiger partial charge >= 0.3 is 0 Å². The third kappa shape index (κ3) is 6.14. The van der Waals surface area contributed by atoms with Crippen LogP contribution in [0.1, 0.15) is 19.2 Å². The van der Waals surface area contributed by atoms with Crippen LogP contribution in [0.2, 0.25) is 5.15 Å². The molecule has 0 saturated heterocycles. The zero-order valence-corrected chi connectivity index (χ0v) is 11.7. The molecule has 0 bridgehead atoms. The molecule has 5 nitrogen and oxygen atoms in total. The smallest absolute Gasteiger partial charge is 0.134 e. The Labute approximate surface area is 113 Å². The predicted octanol–water partition coefficient (Wildman–Crippen LogP) is 2.16. The molecular formula is C12H20ClN3O2. The molecule has 6 heteroatoms. The lowest BCUT2D eigenvalue weighted by atomic mass is 10.3. The molecule has 1 aromatic rings. The number of aromatic nitrogens is 2. The zero-order valence-electron chi connectivity index (χ0n) is 10.9. The van der Waals surface area contributed by atoms with Crippen LogP contribution in [0, 0.1) is 0 Å². The fourth-order valence-corrected chi connectivity index (χ4v) is 1.59. The van der Waals surface area contributed by atoms with E-state index in [0.717, 1.165) is 24.5 Å². The molecule has 18 heavy (non-hydrogen) atoms. The normalized spacial score (nSPS) is 10.6. The van der Waals surface area contributed by atoms with Gasteiger partial charge < -0.3 is 14.8 Å². The van der Waals surface area contributed by atoms with Crippen LogP contribution >= 0.6 is 11.6 Å². The number of aryl methyl sites for hydroxylation is 1. The fourth-order valence-electron chi connectivity index (χ4n) is 1.39. The van der Waals surface area contributed by atoms with E-state index in [1.165, 1.54) is 0 Å². The highest BCUT2D eigenvalue weighted by atomic mass is 35.5. The number of anilines is 1.